The average Bonchev–Trinajstić information content (AvgIpc) is 3.07. The van der Waals surface area contributed by atoms with Crippen LogP contribution >= 0.6 is 0 Å². The summed E-state index contributed by atoms with van der Waals surface area (Å²) in [5.41, 5.74) is 7.57. The van der Waals surface area contributed by atoms with Gasteiger partial charge in [0, 0.05) is 5.56 Å². The van der Waals surface area contributed by atoms with Crippen molar-refractivity contribution >= 4 is 5.82 Å². The number of nitrogens with zero attached hydrogens (tertiary/aromatic N) is 4. The highest BCUT2D eigenvalue weighted by Gasteiger charge is 2.18. The van der Waals surface area contributed by atoms with Gasteiger partial charge in [-0.1, -0.05) is 5.16 Å². The summed E-state index contributed by atoms with van der Waals surface area (Å²) >= 11 is 0. The predicted octanol–water partition coefficient (Wildman–Crippen LogP) is 1.69. The first-order valence-corrected chi connectivity index (χ1v) is 5.76. The van der Waals surface area contributed by atoms with Crippen LogP contribution < -0.4 is 10.5 Å². The molecule has 0 unspecified atom stereocenters. The van der Waals surface area contributed by atoms with Gasteiger partial charge in [0.2, 0.25) is 17.3 Å². The number of hydrogen-bond donors (Lipinski definition) is 1. The maximum absolute atomic E-state index is 5.57. The van der Waals surface area contributed by atoms with Gasteiger partial charge in [-0.3, -0.25) is 0 Å². The van der Waals surface area contributed by atoms with Gasteiger partial charge in [-0.05, 0) is 41.0 Å². The fraction of sp³-hybridized carbons (Fsp3) is 0.167. The highest BCUT2D eigenvalue weighted by molar-refractivity contribution is 5.64. The van der Waals surface area contributed by atoms with Gasteiger partial charge in [0.1, 0.15) is 5.75 Å². The number of benzene rings is 1. The second-order valence-electron chi connectivity index (χ2n) is 4.11. The van der Waals surface area contributed by atoms with E-state index in [4.69, 9.17) is 15.0 Å². The van der Waals surface area contributed by atoms with E-state index in [2.05, 4.69) is 25.1 Å². The summed E-state index contributed by atoms with van der Waals surface area (Å²) in [6.07, 6.45) is 0. The minimum atomic E-state index is 0.103. The fourth-order valence-electron chi connectivity index (χ4n) is 1.80. The van der Waals surface area contributed by atoms with E-state index in [0.717, 1.165) is 16.9 Å². The van der Waals surface area contributed by atoms with Gasteiger partial charge in [-0.2, -0.15) is 4.98 Å². The standard InChI is InChI=1S/C12H11N5O3/c1-6-5-7(3-4-8(6)18-2)11-14-12(19-17-11)9-10(13)16-20-15-9/h3-5H,1-2H3,(H2,13,16). The number of aromatic nitrogens is 4. The Hall–Kier alpha value is -2.90. The summed E-state index contributed by atoms with van der Waals surface area (Å²) in [6.45, 7) is 1.93. The third-order valence-electron chi connectivity index (χ3n) is 2.80. The minimum Gasteiger partial charge on any atom is -0.496 e. The number of nitrogen functional groups attached to an aromatic ring is 1. The molecule has 20 heavy (non-hydrogen) atoms. The van der Waals surface area contributed by atoms with Crippen molar-refractivity contribution in [3.05, 3.63) is 23.8 Å². The summed E-state index contributed by atoms with van der Waals surface area (Å²) in [5.74, 6) is 1.48. The number of hydrogen-bond acceptors (Lipinski definition) is 8. The molecule has 2 aromatic heterocycles. The normalized spacial score (nSPS) is 10.7. The maximum Gasteiger partial charge on any atom is 0.284 e. The maximum atomic E-state index is 5.57. The summed E-state index contributed by atoms with van der Waals surface area (Å²) in [6, 6.07) is 5.58. The number of ether oxygens (including phenoxy) is 1. The van der Waals surface area contributed by atoms with Crippen LogP contribution in [0.1, 0.15) is 5.56 Å². The van der Waals surface area contributed by atoms with Gasteiger partial charge >= 0.3 is 0 Å². The van der Waals surface area contributed by atoms with Crippen LogP contribution in [0.4, 0.5) is 5.82 Å². The summed E-state index contributed by atoms with van der Waals surface area (Å²) in [5, 5.41) is 11.0. The largest absolute Gasteiger partial charge is 0.496 e. The molecule has 0 saturated carbocycles. The van der Waals surface area contributed by atoms with Crippen LogP contribution in [0, 0.1) is 6.92 Å². The lowest BCUT2D eigenvalue weighted by Crippen LogP contribution is -1.90. The number of nitrogens with two attached hydrogens (primary N) is 1. The molecule has 3 rings (SSSR count). The Morgan fingerprint density at radius 1 is 1.20 bits per heavy atom. The highest BCUT2D eigenvalue weighted by Crippen LogP contribution is 2.27. The summed E-state index contributed by atoms with van der Waals surface area (Å²) in [7, 11) is 1.62. The van der Waals surface area contributed by atoms with Gasteiger partial charge in [-0.15, -0.1) is 0 Å². The first-order chi connectivity index (χ1) is 9.69. The Morgan fingerprint density at radius 3 is 2.70 bits per heavy atom. The van der Waals surface area contributed by atoms with E-state index in [1.54, 1.807) is 7.11 Å². The topological polar surface area (TPSA) is 113 Å². The van der Waals surface area contributed by atoms with Crippen molar-refractivity contribution in [2.24, 2.45) is 0 Å². The van der Waals surface area contributed by atoms with Gasteiger partial charge < -0.3 is 15.0 Å². The Bertz CT molecular complexity index is 749. The zero-order chi connectivity index (χ0) is 14.1. The SMILES string of the molecule is COc1ccc(-c2noc(-c3nonc3N)n2)cc1C. The molecular formula is C12H11N5O3. The summed E-state index contributed by atoms with van der Waals surface area (Å²) in [4.78, 5) is 4.22. The van der Waals surface area contributed by atoms with Crippen LogP contribution in [0.15, 0.2) is 27.4 Å². The van der Waals surface area contributed by atoms with Crippen LogP contribution in [0.2, 0.25) is 0 Å². The molecule has 8 nitrogen and oxygen atoms in total. The smallest absolute Gasteiger partial charge is 0.284 e. The number of aryl methyl sites for hydroxylation is 1. The van der Waals surface area contributed by atoms with Crippen molar-refractivity contribution < 1.29 is 13.9 Å². The monoisotopic (exact) mass is 273 g/mol. The second-order valence-corrected chi connectivity index (χ2v) is 4.11. The number of methoxy groups -OCH3 is 1. The molecule has 0 amide bonds. The van der Waals surface area contributed by atoms with Crippen LogP contribution in [-0.2, 0) is 0 Å². The molecule has 1 aromatic carbocycles. The van der Waals surface area contributed by atoms with Crippen LogP contribution in [0.3, 0.4) is 0 Å². The van der Waals surface area contributed by atoms with Gasteiger partial charge in [0.15, 0.2) is 0 Å². The zero-order valence-electron chi connectivity index (χ0n) is 10.8. The molecule has 0 fully saturated rings. The molecular weight excluding hydrogens is 262 g/mol. The number of anilines is 1. The third-order valence-corrected chi connectivity index (χ3v) is 2.80. The molecule has 2 N–H and O–H groups in total. The van der Waals surface area contributed by atoms with E-state index in [1.807, 2.05) is 25.1 Å². The van der Waals surface area contributed by atoms with Gasteiger partial charge in [0.25, 0.3) is 5.89 Å². The first-order valence-electron chi connectivity index (χ1n) is 5.76. The third kappa shape index (κ3) is 1.96. The van der Waals surface area contributed by atoms with Crippen molar-refractivity contribution in [1.82, 2.24) is 20.5 Å². The zero-order valence-corrected chi connectivity index (χ0v) is 10.8. The first kappa shape index (κ1) is 12.2. The summed E-state index contributed by atoms with van der Waals surface area (Å²) < 4.78 is 14.8. The molecule has 3 aromatic rings. The predicted molar refractivity (Wildman–Crippen MR) is 68.7 cm³/mol. The van der Waals surface area contributed by atoms with E-state index in [9.17, 15) is 0 Å². The van der Waals surface area contributed by atoms with Gasteiger partial charge in [-0.25, -0.2) is 4.63 Å². The van der Waals surface area contributed by atoms with Crippen LogP contribution in [-0.4, -0.2) is 27.6 Å². The second kappa shape index (κ2) is 4.65. The lowest BCUT2D eigenvalue weighted by Gasteiger charge is -2.04. The van der Waals surface area contributed by atoms with E-state index in [-0.39, 0.29) is 17.4 Å². The van der Waals surface area contributed by atoms with Crippen molar-refractivity contribution in [2.45, 2.75) is 6.92 Å². The van der Waals surface area contributed by atoms with Crippen LogP contribution in [0.5, 0.6) is 5.75 Å². The van der Waals surface area contributed by atoms with Gasteiger partial charge in [0.05, 0.1) is 7.11 Å². The van der Waals surface area contributed by atoms with Crippen LogP contribution in [0.25, 0.3) is 23.0 Å². The molecule has 0 radical (unpaired) electrons. The Morgan fingerprint density at radius 2 is 2.05 bits per heavy atom. The minimum absolute atomic E-state index is 0.103. The quantitative estimate of drug-likeness (QED) is 0.766. The molecule has 0 aliphatic heterocycles. The lowest BCUT2D eigenvalue weighted by atomic mass is 10.1. The molecule has 0 aliphatic rings. The highest BCUT2D eigenvalue weighted by atomic mass is 16.6. The van der Waals surface area contributed by atoms with E-state index < -0.39 is 0 Å². The Kier molecular flexibility index (Phi) is 2.82. The average molecular weight is 273 g/mol. The van der Waals surface area contributed by atoms with E-state index >= 15 is 0 Å². The lowest BCUT2D eigenvalue weighted by molar-refractivity contribution is 0.308. The van der Waals surface area contributed by atoms with Crippen molar-refractivity contribution in [3.63, 3.8) is 0 Å². The molecule has 2 heterocycles. The number of rotatable bonds is 3. The molecule has 0 aliphatic carbocycles. The van der Waals surface area contributed by atoms with Crippen molar-refractivity contribution in [3.8, 4) is 28.7 Å². The van der Waals surface area contributed by atoms with Crippen molar-refractivity contribution in [2.75, 3.05) is 12.8 Å². The van der Waals surface area contributed by atoms with E-state index in [1.165, 1.54) is 0 Å². The Labute approximate surface area is 113 Å². The molecule has 0 atom stereocenters. The van der Waals surface area contributed by atoms with Crippen molar-refractivity contribution in [1.29, 1.82) is 0 Å². The fourth-order valence-corrected chi connectivity index (χ4v) is 1.80. The molecule has 0 saturated heterocycles. The molecule has 8 heteroatoms. The molecule has 102 valence electrons. The molecule has 0 bridgehead atoms. The van der Waals surface area contributed by atoms with E-state index in [0.29, 0.717) is 5.82 Å². The Balaban J connectivity index is 1.98. The molecule has 0 spiro atoms.